The minimum absolute atomic E-state index is 0.0344. The van der Waals surface area contributed by atoms with Crippen LogP contribution in [0.5, 0.6) is 0 Å². The van der Waals surface area contributed by atoms with Crippen molar-refractivity contribution in [2.45, 2.75) is 20.4 Å². The van der Waals surface area contributed by atoms with Gasteiger partial charge in [-0.25, -0.2) is 17.9 Å². The summed E-state index contributed by atoms with van der Waals surface area (Å²) in [6.45, 7) is 3.42. The van der Waals surface area contributed by atoms with Crippen molar-refractivity contribution in [1.82, 2.24) is 14.3 Å². The Hall–Kier alpha value is -2.54. The van der Waals surface area contributed by atoms with E-state index in [1.165, 1.54) is 27.7 Å². The fourth-order valence-corrected chi connectivity index (χ4v) is 2.86. The number of hydrogen-bond donors (Lipinski definition) is 0. The predicted molar refractivity (Wildman–Crippen MR) is 88.6 cm³/mol. The number of rotatable bonds is 3. The SMILES string of the molecule is CCn1c(-c2c(F)cc(F)cc2F)c(-n2cc(Cl)cn2)cc(C)c1=O. The number of aromatic nitrogens is 3. The van der Waals surface area contributed by atoms with Crippen LogP contribution in [0.3, 0.4) is 0 Å². The fraction of sp³-hybridized carbons (Fsp3) is 0.176. The first-order chi connectivity index (χ1) is 11.8. The Balaban J connectivity index is 2.47. The van der Waals surface area contributed by atoms with Crippen molar-refractivity contribution in [1.29, 1.82) is 0 Å². The molecule has 25 heavy (non-hydrogen) atoms. The molecule has 8 heteroatoms. The molecule has 0 unspecified atom stereocenters. The van der Waals surface area contributed by atoms with Gasteiger partial charge in [0.15, 0.2) is 0 Å². The lowest BCUT2D eigenvalue weighted by atomic mass is 10.1. The van der Waals surface area contributed by atoms with Gasteiger partial charge in [-0.3, -0.25) is 4.79 Å². The van der Waals surface area contributed by atoms with Gasteiger partial charge < -0.3 is 4.57 Å². The van der Waals surface area contributed by atoms with E-state index in [2.05, 4.69) is 5.10 Å². The molecule has 130 valence electrons. The smallest absolute Gasteiger partial charge is 0.254 e. The molecule has 0 spiro atoms. The van der Waals surface area contributed by atoms with Gasteiger partial charge in [-0.2, -0.15) is 5.10 Å². The highest BCUT2D eigenvalue weighted by Gasteiger charge is 2.23. The van der Waals surface area contributed by atoms with Crippen molar-refractivity contribution in [3.05, 3.63) is 69.0 Å². The van der Waals surface area contributed by atoms with Gasteiger partial charge in [0.2, 0.25) is 0 Å². The van der Waals surface area contributed by atoms with Crippen molar-refractivity contribution in [3.8, 4) is 16.9 Å². The number of halogens is 4. The van der Waals surface area contributed by atoms with Crippen LogP contribution in [-0.2, 0) is 6.54 Å². The van der Waals surface area contributed by atoms with Crippen LogP contribution >= 0.6 is 11.6 Å². The average Bonchev–Trinajstić information content (AvgIpc) is 2.96. The summed E-state index contributed by atoms with van der Waals surface area (Å²) in [5, 5.41) is 4.36. The molecular weight excluding hydrogens is 355 g/mol. The Morgan fingerprint density at radius 2 is 1.80 bits per heavy atom. The molecule has 4 nitrogen and oxygen atoms in total. The molecule has 0 aliphatic rings. The van der Waals surface area contributed by atoms with E-state index in [1.54, 1.807) is 13.8 Å². The quantitative estimate of drug-likeness (QED) is 0.699. The highest BCUT2D eigenvalue weighted by Crippen LogP contribution is 2.32. The Kier molecular flexibility index (Phi) is 4.43. The van der Waals surface area contributed by atoms with Crippen molar-refractivity contribution in [2.24, 2.45) is 0 Å². The van der Waals surface area contributed by atoms with Crippen LogP contribution < -0.4 is 5.56 Å². The van der Waals surface area contributed by atoms with Crippen molar-refractivity contribution < 1.29 is 13.2 Å². The van der Waals surface area contributed by atoms with Gasteiger partial charge in [0, 0.05) is 30.4 Å². The molecule has 3 aromatic rings. The van der Waals surface area contributed by atoms with Crippen LogP contribution in [0.15, 0.2) is 35.4 Å². The van der Waals surface area contributed by atoms with Crippen LogP contribution in [0.4, 0.5) is 13.2 Å². The second kappa shape index (κ2) is 6.40. The van der Waals surface area contributed by atoms with Crippen LogP contribution in [0, 0.1) is 24.4 Å². The Labute approximate surface area is 146 Å². The molecule has 0 amide bonds. The van der Waals surface area contributed by atoms with E-state index in [4.69, 9.17) is 11.6 Å². The number of hydrogen-bond acceptors (Lipinski definition) is 2. The third kappa shape index (κ3) is 2.95. The van der Waals surface area contributed by atoms with Crippen molar-refractivity contribution >= 4 is 11.6 Å². The van der Waals surface area contributed by atoms with Crippen LogP contribution in [0.2, 0.25) is 5.02 Å². The number of benzene rings is 1. The zero-order chi connectivity index (χ0) is 18.3. The zero-order valence-electron chi connectivity index (χ0n) is 13.4. The van der Waals surface area contributed by atoms with E-state index < -0.39 is 28.6 Å². The molecule has 2 aromatic heterocycles. The van der Waals surface area contributed by atoms with Gasteiger partial charge in [-0.05, 0) is 19.9 Å². The monoisotopic (exact) mass is 367 g/mol. The standard InChI is InChI=1S/C17H13ClF3N3O/c1-3-23-16(15-12(20)5-11(19)6-13(15)21)14(4-9(2)17(23)25)24-8-10(18)7-22-24/h4-8H,3H2,1-2H3. The normalized spacial score (nSPS) is 11.1. The fourth-order valence-electron chi connectivity index (χ4n) is 2.73. The van der Waals surface area contributed by atoms with Gasteiger partial charge in [0.1, 0.15) is 17.5 Å². The Morgan fingerprint density at radius 1 is 1.16 bits per heavy atom. The first kappa shape index (κ1) is 17.3. The molecule has 0 saturated heterocycles. The lowest BCUT2D eigenvalue weighted by Gasteiger charge is -2.18. The third-order valence-electron chi connectivity index (χ3n) is 3.81. The summed E-state index contributed by atoms with van der Waals surface area (Å²) in [7, 11) is 0. The predicted octanol–water partition coefficient (Wildman–Crippen LogP) is 4.10. The molecule has 0 radical (unpaired) electrons. The summed E-state index contributed by atoms with van der Waals surface area (Å²) in [4.78, 5) is 12.5. The van der Waals surface area contributed by atoms with Crippen LogP contribution in [0.25, 0.3) is 16.9 Å². The molecule has 0 aliphatic carbocycles. The van der Waals surface area contributed by atoms with E-state index in [9.17, 15) is 18.0 Å². The maximum atomic E-state index is 14.4. The molecule has 3 rings (SSSR count). The molecule has 1 aromatic carbocycles. The third-order valence-corrected chi connectivity index (χ3v) is 4.00. The Morgan fingerprint density at radius 3 is 2.32 bits per heavy atom. The molecule has 0 saturated carbocycles. The zero-order valence-corrected chi connectivity index (χ0v) is 14.1. The second-order valence-corrected chi connectivity index (χ2v) is 5.89. The average molecular weight is 368 g/mol. The summed E-state index contributed by atoms with van der Waals surface area (Å²) in [5.74, 6) is -3.26. The molecule has 0 atom stereocenters. The molecule has 0 aliphatic heterocycles. The molecule has 0 N–H and O–H groups in total. The number of pyridine rings is 1. The summed E-state index contributed by atoms with van der Waals surface area (Å²) < 4.78 is 44.6. The minimum Gasteiger partial charge on any atom is -0.306 e. The van der Waals surface area contributed by atoms with E-state index >= 15 is 0 Å². The molecule has 0 bridgehead atoms. The van der Waals surface area contributed by atoms with E-state index in [0.717, 1.165) is 0 Å². The largest absolute Gasteiger partial charge is 0.306 e. The van der Waals surface area contributed by atoms with Gasteiger partial charge >= 0.3 is 0 Å². The van der Waals surface area contributed by atoms with Crippen LogP contribution in [0.1, 0.15) is 12.5 Å². The van der Waals surface area contributed by atoms with Crippen molar-refractivity contribution in [2.75, 3.05) is 0 Å². The van der Waals surface area contributed by atoms with Gasteiger partial charge in [-0.15, -0.1) is 0 Å². The lowest BCUT2D eigenvalue weighted by molar-refractivity contribution is 0.544. The maximum Gasteiger partial charge on any atom is 0.254 e. The van der Waals surface area contributed by atoms with Crippen molar-refractivity contribution in [3.63, 3.8) is 0 Å². The van der Waals surface area contributed by atoms with Gasteiger partial charge in [0.05, 0.1) is 28.2 Å². The van der Waals surface area contributed by atoms with E-state index in [1.807, 2.05) is 0 Å². The van der Waals surface area contributed by atoms with E-state index in [-0.39, 0.29) is 17.9 Å². The highest BCUT2D eigenvalue weighted by atomic mass is 35.5. The summed E-state index contributed by atoms with van der Waals surface area (Å²) in [5.41, 5.74) is -0.303. The summed E-state index contributed by atoms with van der Waals surface area (Å²) in [6.07, 6.45) is 2.81. The number of nitrogens with zero attached hydrogens (tertiary/aromatic N) is 3. The second-order valence-electron chi connectivity index (χ2n) is 5.46. The topological polar surface area (TPSA) is 39.8 Å². The maximum absolute atomic E-state index is 14.4. The Bertz CT molecular complexity index is 1000. The van der Waals surface area contributed by atoms with Gasteiger partial charge in [0.25, 0.3) is 5.56 Å². The first-order valence-electron chi connectivity index (χ1n) is 7.43. The number of aryl methyl sites for hydroxylation is 1. The lowest BCUT2D eigenvalue weighted by Crippen LogP contribution is -2.25. The summed E-state index contributed by atoms with van der Waals surface area (Å²) in [6, 6.07) is 2.61. The van der Waals surface area contributed by atoms with E-state index in [0.29, 0.717) is 22.7 Å². The molecular formula is C17H13ClF3N3O. The highest BCUT2D eigenvalue weighted by molar-refractivity contribution is 6.30. The molecule has 0 fully saturated rings. The first-order valence-corrected chi connectivity index (χ1v) is 7.81. The van der Waals surface area contributed by atoms with Gasteiger partial charge in [-0.1, -0.05) is 11.6 Å². The minimum atomic E-state index is -1.11. The molecule has 2 heterocycles. The van der Waals surface area contributed by atoms with Crippen LogP contribution in [-0.4, -0.2) is 14.3 Å². The summed E-state index contributed by atoms with van der Waals surface area (Å²) >= 11 is 5.89.